The average Bonchev–Trinajstić information content (AvgIpc) is 2.86. The Morgan fingerprint density at radius 3 is 2.67 bits per heavy atom. The van der Waals surface area contributed by atoms with Crippen LogP contribution >= 0.6 is 0 Å². The van der Waals surface area contributed by atoms with Gasteiger partial charge in [0.05, 0.1) is 19.9 Å². The number of rotatable bonds is 8. The van der Waals surface area contributed by atoms with Gasteiger partial charge in [0.1, 0.15) is 11.6 Å². The van der Waals surface area contributed by atoms with Crippen LogP contribution in [0, 0.1) is 0 Å². The fourth-order valence-corrected chi connectivity index (χ4v) is 3.63. The number of benzene rings is 2. The summed E-state index contributed by atoms with van der Waals surface area (Å²) in [5.41, 5.74) is 1.27. The van der Waals surface area contributed by atoms with Gasteiger partial charge in [-0.3, -0.25) is 4.79 Å². The van der Waals surface area contributed by atoms with Gasteiger partial charge in [0, 0.05) is 43.2 Å². The number of amides is 1. The maximum atomic E-state index is 13.1. The van der Waals surface area contributed by atoms with Crippen LogP contribution < -0.4 is 15.4 Å². The van der Waals surface area contributed by atoms with Crippen molar-refractivity contribution in [3.63, 3.8) is 0 Å². The number of carbonyl (C=O) groups is 1. The van der Waals surface area contributed by atoms with Crippen molar-refractivity contribution in [2.24, 2.45) is 4.99 Å². The molecule has 1 heterocycles. The van der Waals surface area contributed by atoms with Crippen LogP contribution in [0.3, 0.4) is 0 Å². The van der Waals surface area contributed by atoms with Gasteiger partial charge < -0.3 is 25.0 Å². The quantitative estimate of drug-likeness (QED) is 0.271. The molecule has 7 nitrogen and oxygen atoms in total. The predicted octanol–water partition coefficient (Wildman–Crippen LogP) is 4.32. The first-order valence-corrected chi connectivity index (χ1v) is 11.4. The number of nitrogens with one attached hydrogen (secondary N) is 2. The molecule has 1 amide bonds. The van der Waals surface area contributed by atoms with Crippen LogP contribution in [-0.4, -0.2) is 57.0 Å². The molecule has 3 rings (SSSR count). The van der Waals surface area contributed by atoms with Gasteiger partial charge in [-0.2, -0.15) is 4.99 Å². The summed E-state index contributed by atoms with van der Waals surface area (Å²) in [5.74, 6) is 1.80. The van der Waals surface area contributed by atoms with Gasteiger partial charge in [-0.15, -0.1) is 0 Å². The first-order valence-electron chi connectivity index (χ1n) is 11.4. The Hall–Kier alpha value is -3.32. The number of amidine groups is 1. The lowest BCUT2D eigenvalue weighted by molar-refractivity contribution is -0.112. The number of piperazine rings is 1. The van der Waals surface area contributed by atoms with Crippen LogP contribution in [0.4, 0.5) is 5.69 Å². The predicted molar refractivity (Wildman–Crippen MR) is 135 cm³/mol. The van der Waals surface area contributed by atoms with E-state index in [1.807, 2.05) is 48.6 Å². The van der Waals surface area contributed by atoms with Crippen molar-refractivity contribution in [2.45, 2.75) is 26.7 Å². The molecule has 0 saturated carbocycles. The molecular weight excluding hydrogens is 416 g/mol. The van der Waals surface area contributed by atoms with Crippen molar-refractivity contribution in [1.82, 2.24) is 10.2 Å². The average molecular weight is 451 g/mol. The second-order valence-electron chi connectivity index (χ2n) is 7.92. The summed E-state index contributed by atoms with van der Waals surface area (Å²) >= 11 is 0. The maximum absolute atomic E-state index is 13.1. The molecule has 0 unspecified atom stereocenters. The summed E-state index contributed by atoms with van der Waals surface area (Å²) in [7, 11) is 3.24. The van der Waals surface area contributed by atoms with E-state index in [1.165, 1.54) is 0 Å². The Labute approximate surface area is 196 Å². The summed E-state index contributed by atoms with van der Waals surface area (Å²) in [6.45, 7) is 7.29. The third-order valence-corrected chi connectivity index (χ3v) is 5.51. The third-order valence-electron chi connectivity index (χ3n) is 5.51. The zero-order chi connectivity index (χ0) is 23.6. The van der Waals surface area contributed by atoms with E-state index in [4.69, 9.17) is 14.5 Å². The lowest BCUT2D eigenvalue weighted by Crippen LogP contribution is -2.46. The molecule has 1 saturated heterocycles. The zero-order valence-electron chi connectivity index (χ0n) is 20.0. The van der Waals surface area contributed by atoms with Gasteiger partial charge in [-0.25, -0.2) is 0 Å². The Balaban J connectivity index is 1.90. The Morgan fingerprint density at radius 1 is 1.21 bits per heavy atom. The molecule has 0 aromatic heterocycles. The van der Waals surface area contributed by atoms with Crippen LogP contribution in [0.15, 0.2) is 65.0 Å². The van der Waals surface area contributed by atoms with Crippen LogP contribution in [0.2, 0.25) is 0 Å². The molecule has 1 aliphatic rings. The minimum Gasteiger partial charge on any atom is -0.497 e. The normalized spacial score (nSPS) is 15.5. The van der Waals surface area contributed by atoms with Crippen molar-refractivity contribution in [1.29, 1.82) is 0 Å². The van der Waals surface area contributed by atoms with Crippen LogP contribution in [0.1, 0.15) is 26.7 Å². The molecule has 2 aromatic carbocycles. The van der Waals surface area contributed by atoms with E-state index in [0.29, 0.717) is 22.9 Å². The lowest BCUT2D eigenvalue weighted by Gasteiger charge is -2.29. The highest BCUT2D eigenvalue weighted by atomic mass is 16.5. The summed E-state index contributed by atoms with van der Waals surface area (Å²) in [4.78, 5) is 20.1. The van der Waals surface area contributed by atoms with Crippen LogP contribution in [-0.2, 0) is 9.53 Å². The number of fused-ring (bicyclic) bond motifs is 1. The number of hydrogen-bond donors (Lipinski definition) is 2. The fourth-order valence-electron chi connectivity index (χ4n) is 3.63. The molecule has 2 aromatic rings. The largest absolute Gasteiger partial charge is 0.497 e. The van der Waals surface area contributed by atoms with E-state index >= 15 is 0 Å². The minimum atomic E-state index is -0.187. The van der Waals surface area contributed by atoms with E-state index in [0.717, 1.165) is 55.6 Å². The van der Waals surface area contributed by atoms with E-state index in [9.17, 15) is 4.79 Å². The Kier molecular flexibility index (Phi) is 8.89. The van der Waals surface area contributed by atoms with E-state index in [-0.39, 0.29) is 5.91 Å². The van der Waals surface area contributed by atoms with E-state index < -0.39 is 0 Å². The molecule has 0 spiro atoms. The number of ether oxygens (including phenoxy) is 2. The SMILES string of the molecule is CCC/C=C(/N=C(\C=C(/C)C(=O)Nc1cc(OC)cc2ccccc12)N1CCNCC1)OC. The number of hydrogen-bond acceptors (Lipinski definition) is 5. The molecule has 176 valence electrons. The molecule has 7 heteroatoms. The van der Waals surface area contributed by atoms with E-state index in [1.54, 1.807) is 21.1 Å². The van der Waals surface area contributed by atoms with Crippen molar-refractivity contribution >= 4 is 28.2 Å². The van der Waals surface area contributed by atoms with Crippen molar-refractivity contribution in [3.05, 3.63) is 60.0 Å². The topological polar surface area (TPSA) is 75.2 Å². The van der Waals surface area contributed by atoms with Crippen LogP contribution in [0.25, 0.3) is 10.8 Å². The molecule has 1 fully saturated rings. The molecule has 2 N–H and O–H groups in total. The summed E-state index contributed by atoms with van der Waals surface area (Å²) in [6, 6.07) is 11.7. The first kappa shape index (κ1) is 24.3. The van der Waals surface area contributed by atoms with E-state index in [2.05, 4.69) is 22.5 Å². The molecule has 0 atom stereocenters. The highest BCUT2D eigenvalue weighted by molar-refractivity contribution is 6.11. The zero-order valence-corrected chi connectivity index (χ0v) is 20.0. The summed E-state index contributed by atoms with van der Waals surface area (Å²) in [6.07, 6.45) is 5.71. The second kappa shape index (κ2) is 12.1. The van der Waals surface area contributed by atoms with Gasteiger partial charge in [-0.05, 0) is 36.9 Å². The number of allylic oxidation sites excluding steroid dienone is 1. The number of anilines is 1. The lowest BCUT2D eigenvalue weighted by atomic mass is 10.1. The number of unbranched alkanes of at least 4 members (excludes halogenated alkanes) is 1. The minimum absolute atomic E-state index is 0.187. The molecule has 0 radical (unpaired) electrons. The number of methoxy groups -OCH3 is 2. The highest BCUT2D eigenvalue weighted by Crippen LogP contribution is 2.29. The van der Waals surface area contributed by atoms with Gasteiger partial charge >= 0.3 is 0 Å². The smallest absolute Gasteiger partial charge is 0.251 e. The van der Waals surface area contributed by atoms with Crippen LogP contribution in [0.5, 0.6) is 5.75 Å². The molecule has 0 aliphatic carbocycles. The Bertz CT molecular complexity index is 1050. The molecule has 0 bridgehead atoms. The molecule has 33 heavy (non-hydrogen) atoms. The van der Waals surface area contributed by atoms with Gasteiger partial charge in [0.25, 0.3) is 5.91 Å². The number of aliphatic imine (C=N–C) groups is 1. The standard InChI is InChI=1S/C26H34N4O3/c1-5-6-11-25(33-4)29-24(30-14-12-27-13-15-30)16-19(2)26(31)28-23-18-21(32-3)17-20-9-7-8-10-22(20)23/h7-11,16-18,27H,5-6,12-15H2,1-4H3,(H,28,31)/b19-16+,25-11-,29-24+. The van der Waals surface area contributed by atoms with Crippen molar-refractivity contribution in [2.75, 3.05) is 45.7 Å². The van der Waals surface area contributed by atoms with Gasteiger partial charge in [0.15, 0.2) is 0 Å². The van der Waals surface area contributed by atoms with Crippen molar-refractivity contribution < 1.29 is 14.3 Å². The second-order valence-corrected chi connectivity index (χ2v) is 7.92. The molecular formula is C26H34N4O3. The Morgan fingerprint density at radius 2 is 1.97 bits per heavy atom. The number of nitrogens with zero attached hydrogens (tertiary/aromatic N) is 2. The fraction of sp³-hybridized carbons (Fsp3) is 0.385. The summed E-state index contributed by atoms with van der Waals surface area (Å²) in [5, 5.41) is 8.36. The number of carbonyl (C=O) groups excluding carboxylic acids is 1. The highest BCUT2D eigenvalue weighted by Gasteiger charge is 2.16. The maximum Gasteiger partial charge on any atom is 0.251 e. The third kappa shape index (κ3) is 6.58. The summed E-state index contributed by atoms with van der Waals surface area (Å²) < 4.78 is 10.9. The first-order chi connectivity index (χ1) is 16.0. The van der Waals surface area contributed by atoms with Crippen molar-refractivity contribution in [3.8, 4) is 5.75 Å². The van der Waals surface area contributed by atoms with Gasteiger partial charge in [0.2, 0.25) is 5.88 Å². The molecule has 1 aliphatic heterocycles. The van der Waals surface area contributed by atoms with Gasteiger partial charge in [-0.1, -0.05) is 37.6 Å². The monoisotopic (exact) mass is 450 g/mol.